The highest BCUT2D eigenvalue weighted by atomic mass is 16.5. The maximum Gasteiger partial charge on any atom is 0.271 e. The second-order valence-corrected chi connectivity index (χ2v) is 4.10. The summed E-state index contributed by atoms with van der Waals surface area (Å²) in [6.45, 7) is 9.83. The van der Waals surface area contributed by atoms with Crippen LogP contribution in [0.25, 0.3) is 0 Å². The van der Waals surface area contributed by atoms with Gasteiger partial charge in [-0.3, -0.25) is 4.79 Å². The van der Waals surface area contributed by atoms with Gasteiger partial charge in [-0.15, -0.1) is 10.2 Å². The van der Waals surface area contributed by atoms with Gasteiger partial charge in [0.05, 0.1) is 13.2 Å². The Morgan fingerprint density at radius 2 is 2.21 bits per heavy atom. The first kappa shape index (κ1) is 15.1. The van der Waals surface area contributed by atoms with Crippen molar-refractivity contribution >= 4 is 11.7 Å². The summed E-state index contributed by atoms with van der Waals surface area (Å²) >= 11 is 0. The zero-order chi connectivity index (χ0) is 14.1. The van der Waals surface area contributed by atoms with Crippen LogP contribution in [-0.2, 0) is 4.74 Å². The second-order valence-electron chi connectivity index (χ2n) is 4.10. The van der Waals surface area contributed by atoms with Gasteiger partial charge in [0.2, 0.25) is 0 Å². The Balaban J connectivity index is 2.32. The number of rotatable bonds is 8. The van der Waals surface area contributed by atoms with Gasteiger partial charge in [0.15, 0.2) is 5.69 Å². The number of anilines is 1. The molecule has 0 unspecified atom stereocenters. The normalized spacial score (nSPS) is 10.0. The third-order valence-corrected chi connectivity index (χ3v) is 2.14. The predicted octanol–water partition coefficient (Wildman–Crippen LogP) is 1.23. The van der Waals surface area contributed by atoms with E-state index in [4.69, 9.17) is 4.74 Å². The summed E-state index contributed by atoms with van der Waals surface area (Å²) in [5.41, 5.74) is 1.30. The van der Waals surface area contributed by atoms with Gasteiger partial charge in [-0.25, -0.2) is 0 Å². The van der Waals surface area contributed by atoms with E-state index >= 15 is 0 Å². The number of ether oxygens (including phenoxy) is 1. The highest BCUT2D eigenvalue weighted by Crippen LogP contribution is 2.01. The van der Waals surface area contributed by atoms with E-state index in [0.29, 0.717) is 37.8 Å². The number of aromatic nitrogens is 2. The fourth-order valence-corrected chi connectivity index (χ4v) is 1.30. The van der Waals surface area contributed by atoms with E-state index in [-0.39, 0.29) is 5.91 Å². The number of hydrogen-bond acceptors (Lipinski definition) is 5. The Bertz CT molecular complexity index is 417. The second kappa shape index (κ2) is 8.20. The van der Waals surface area contributed by atoms with E-state index in [1.54, 1.807) is 12.1 Å². The van der Waals surface area contributed by atoms with Crippen molar-refractivity contribution in [3.05, 3.63) is 30.0 Å². The third kappa shape index (κ3) is 5.96. The number of carbonyl (C=O) groups is 1. The molecule has 0 saturated heterocycles. The monoisotopic (exact) mass is 264 g/mol. The van der Waals surface area contributed by atoms with E-state index in [0.717, 1.165) is 5.57 Å². The molecule has 1 amide bonds. The molecule has 0 spiro atoms. The standard InChI is InChI=1S/C13H20N4O2/c1-4-14-13(18)11-5-6-12(17-16-11)15-7-8-19-9-10(2)3/h5-6H,2,4,7-9H2,1,3H3,(H,14,18)(H,15,17). The topological polar surface area (TPSA) is 76.1 Å². The number of nitrogens with zero attached hydrogens (tertiary/aromatic N) is 2. The van der Waals surface area contributed by atoms with Gasteiger partial charge in [-0.1, -0.05) is 12.2 Å². The summed E-state index contributed by atoms with van der Waals surface area (Å²) in [6, 6.07) is 3.35. The van der Waals surface area contributed by atoms with Crippen molar-refractivity contribution in [3.63, 3.8) is 0 Å². The van der Waals surface area contributed by atoms with Crippen LogP contribution in [0.1, 0.15) is 24.3 Å². The highest BCUT2D eigenvalue weighted by Gasteiger charge is 2.05. The Labute approximate surface area is 113 Å². The molecule has 0 aliphatic rings. The van der Waals surface area contributed by atoms with Crippen LogP contribution in [0.2, 0.25) is 0 Å². The average Bonchev–Trinajstić information content (AvgIpc) is 2.39. The lowest BCUT2D eigenvalue weighted by Crippen LogP contribution is -2.24. The van der Waals surface area contributed by atoms with Gasteiger partial charge in [0, 0.05) is 13.1 Å². The molecule has 0 aromatic carbocycles. The smallest absolute Gasteiger partial charge is 0.271 e. The zero-order valence-corrected chi connectivity index (χ0v) is 11.4. The van der Waals surface area contributed by atoms with Gasteiger partial charge in [-0.2, -0.15) is 0 Å². The summed E-state index contributed by atoms with van der Waals surface area (Å²) in [5, 5.41) is 13.5. The third-order valence-electron chi connectivity index (χ3n) is 2.14. The Morgan fingerprint density at radius 3 is 2.79 bits per heavy atom. The van der Waals surface area contributed by atoms with Crippen LogP contribution in [0.3, 0.4) is 0 Å². The molecule has 1 rings (SSSR count). The van der Waals surface area contributed by atoms with Crippen LogP contribution in [-0.4, -0.2) is 42.4 Å². The van der Waals surface area contributed by atoms with Crippen molar-refractivity contribution in [3.8, 4) is 0 Å². The van der Waals surface area contributed by atoms with Gasteiger partial charge in [0.25, 0.3) is 5.91 Å². The lowest BCUT2D eigenvalue weighted by Gasteiger charge is -2.06. The van der Waals surface area contributed by atoms with E-state index < -0.39 is 0 Å². The molecule has 0 atom stereocenters. The first-order chi connectivity index (χ1) is 9.13. The lowest BCUT2D eigenvalue weighted by molar-refractivity contribution is 0.0950. The van der Waals surface area contributed by atoms with Crippen molar-refractivity contribution in [2.75, 3.05) is 31.6 Å². The molecule has 104 valence electrons. The van der Waals surface area contributed by atoms with Gasteiger partial charge in [-0.05, 0) is 26.0 Å². The number of amides is 1. The molecular formula is C13H20N4O2. The van der Waals surface area contributed by atoms with Crippen LogP contribution in [0.15, 0.2) is 24.3 Å². The Morgan fingerprint density at radius 1 is 1.42 bits per heavy atom. The molecule has 0 fully saturated rings. The zero-order valence-electron chi connectivity index (χ0n) is 11.4. The maximum atomic E-state index is 11.5. The number of nitrogens with one attached hydrogen (secondary N) is 2. The molecule has 0 bridgehead atoms. The maximum absolute atomic E-state index is 11.5. The molecule has 1 heterocycles. The van der Waals surface area contributed by atoms with Crippen molar-refractivity contribution in [2.24, 2.45) is 0 Å². The van der Waals surface area contributed by atoms with E-state index in [1.807, 2.05) is 13.8 Å². The van der Waals surface area contributed by atoms with Crippen LogP contribution in [0, 0.1) is 0 Å². The largest absolute Gasteiger partial charge is 0.375 e. The molecule has 0 saturated carbocycles. The van der Waals surface area contributed by atoms with Crippen LogP contribution in [0.5, 0.6) is 0 Å². The van der Waals surface area contributed by atoms with E-state index in [9.17, 15) is 4.79 Å². The summed E-state index contributed by atoms with van der Waals surface area (Å²) in [7, 11) is 0. The highest BCUT2D eigenvalue weighted by molar-refractivity contribution is 5.92. The summed E-state index contributed by atoms with van der Waals surface area (Å²) < 4.78 is 5.34. The van der Waals surface area contributed by atoms with E-state index in [1.165, 1.54) is 0 Å². The van der Waals surface area contributed by atoms with Crippen molar-refractivity contribution in [2.45, 2.75) is 13.8 Å². The number of hydrogen-bond donors (Lipinski definition) is 2. The first-order valence-corrected chi connectivity index (χ1v) is 6.21. The molecule has 2 N–H and O–H groups in total. The lowest BCUT2D eigenvalue weighted by atomic mass is 10.3. The van der Waals surface area contributed by atoms with Crippen molar-refractivity contribution < 1.29 is 9.53 Å². The summed E-state index contributed by atoms with van der Waals surface area (Å²) in [6.07, 6.45) is 0. The minimum Gasteiger partial charge on any atom is -0.375 e. The molecule has 0 aliphatic carbocycles. The quantitative estimate of drug-likeness (QED) is 0.545. The van der Waals surface area contributed by atoms with Gasteiger partial charge >= 0.3 is 0 Å². The summed E-state index contributed by atoms with van der Waals surface area (Å²) in [4.78, 5) is 11.5. The minimum atomic E-state index is -0.216. The molecule has 1 aromatic heterocycles. The molecule has 0 radical (unpaired) electrons. The SMILES string of the molecule is C=C(C)COCCNc1ccc(C(=O)NCC)nn1. The Kier molecular flexibility index (Phi) is 6.52. The first-order valence-electron chi connectivity index (χ1n) is 6.21. The summed E-state index contributed by atoms with van der Waals surface area (Å²) in [5.74, 6) is 0.401. The Hall–Kier alpha value is -1.95. The molecular weight excluding hydrogens is 244 g/mol. The van der Waals surface area contributed by atoms with E-state index in [2.05, 4.69) is 27.4 Å². The van der Waals surface area contributed by atoms with Gasteiger partial charge in [0.1, 0.15) is 5.82 Å². The molecule has 19 heavy (non-hydrogen) atoms. The molecule has 1 aromatic rings. The van der Waals surface area contributed by atoms with Crippen LogP contribution in [0.4, 0.5) is 5.82 Å². The molecule has 6 nitrogen and oxygen atoms in total. The van der Waals surface area contributed by atoms with Crippen LogP contribution < -0.4 is 10.6 Å². The van der Waals surface area contributed by atoms with Gasteiger partial charge < -0.3 is 15.4 Å². The minimum absolute atomic E-state index is 0.216. The molecule has 0 aliphatic heterocycles. The predicted molar refractivity (Wildman–Crippen MR) is 74.2 cm³/mol. The van der Waals surface area contributed by atoms with Crippen molar-refractivity contribution in [1.29, 1.82) is 0 Å². The van der Waals surface area contributed by atoms with Crippen molar-refractivity contribution in [1.82, 2.24) is 15.5 Å². The fraction of sp³-hybridized carbons (Fsp3) is 0.462. The van der Waals surface area contributed by atoms with Crippen LogP contribution >= 0.6 is 0 Å². The fourth-order valence-electron chi connectivity index (χ4n) is 1.30. The average molecular weight is 264 g/mol. The molecule has 6 heteroatoms. The number of carbonyl (C=O) groups excluding carboxylic acids is 1.